The smallest absolute Gasteiger partial charge is 0.354 e. The number of fused-ring (bicyclic) bond motifs is 1. The summed E-state index contributed by atoms with van der Waals surface area (Å²) < 4.78 is 6.56. The molecule has 1 atom stereocenters. The van der Waals surface area contributed by atoms with Crippen molar-refractivity contribution in [3.63, 3.8) is 0 Å². The quantitative estimate of drug-likeness (QED) is 0.840. The summed E-state index contributed by atoms with van der Waals surface area (Å²) in [5, 5.41) is 10.8. The van der Waals surface area contributed by atoms with Gasteiger partial charge in [0.2, 0.25) is 0 Å². The minimum atomic E-state index is -0.308. The summed E-state index contributed by atoms with van der Waals surface area (Å²) >= 11 is 0. The number of aromatic amines is 1. The molecule has 0 aliphatic heterocycles. The van der Waals surface area contributed by atoms with Crippen LogP contribution in [0.25, 0.3) is 0 Å². The van der Waals surface area contributed by atoms with E-state index in [1.165, 1.54) is 24.8 Å². The molecule has 0 radical (unpaired) electrons. The minimum absolute atomic E-state index is 0.304. The van der Waals surface area contributed by atoms with Gasteiger partial charge < -0.3 is 14.6 Å². The maximum absolute atomic E-state index is 11.6. The Morgan fingerprint density at radius 1 is 1.62 bits per heavy atom. The third-order valence-electron chi connectivity index (χ3n) is 4.05. The standard InChI is InChI=1S/C15H20N4O2/c1-19-9-10(6-13(19)15(20)21-2)7-16-12-5-3-4-11-8-17-18-14(11)12/h6,8-9,12,16H,3-5,7H2,1-2H3,(H,17,18). The Morgan fingerprint density at radius 3 is 3.29 bits per heavy atom. The van der Waals surface area contributed by atoms with Crippen LogP contribution in [0.3, 0.4) is 0 Å². The summed E-state index contributed by atoms with van der Waals surface area (Å²) in [4.78, 5) is 11.6. The van der Waals surface area contributed by atoms with E-state index in [0.29, 0.717) is 18.3 Å². The summed E-state index contributed by atoms with van der Waals surface area (Å²) in [6, 6.07) is 2.17. The Balaban J connectivity index is 1.68. The number of ether oxygens (including phenoxy) is 1. The van der Waals surface area contributed by atoms with Gasteiger partial charge in [0.1, 0.15) is 5.69 Å². The molecule has 21 heavy (non-hydrogen) atoms. The van der Waals surface area contributed by atoms with Crippen molar-refractivity contribution in [1.82, 2.24) is 20.1 Å². The van der Waals surface area contributed by atoms with Crippen LogP contribution in [0.1, 0.15) is 46.2 Å². The van der Waals surface area contributed by atoms with Crippen LogP contribution in [0, 0.1) is 0 Å². The van der Waals surface area contributed by atoms with Crippen LogP contribution in [0.5, 0.6) is 0 Å². The topological polar surface area (TPSA) is 71.9 Å². The number of carbonyl (C=O) groups is 1. The lowest BCUT2D eigenvalue weighted by Gasteiger charge is -2.22. The molecular weight excluding hydrogens is 268 g/mol. The summed E-state index contributed by atoms with van der Waals surface area (Å²) in [6.07, 6.45) is 7.25. The molecule has 2 aromatic heterocycles. The second-order valence-electron chi connectivity index (χ2n) is 5.47. The van der Waals surface area contributed by atoms with E-state index in [4.69, 9.17) is 4.74 Å². The highest BCUT2D eigenvalue weighted by atomic mass is 16.5. The Hall–Kier alpha value is -2.08. The maximum atomic E-state index is 11.6. The predicted octanol–water partition coefficient (Wildman–Crippen LogP) is 1.70. The van der Waals surface area contributed by atoms with Gasteiger partial charge in [-0.05, 0) is 36.5 Å². The Bertz CT molecular complexity index is 644. The third kappa shape index (κ3) is 2.71. The molecule has 0 bridgehead atoms. The van der Waals surface area contributed by atoms with E-state index in [1.54, 1.807) is 4.57 Å². The molecular formula is C15H20N4O2. The SMILES string of the molecule is COC(=O)c1cc(CNC2CCCc3cn[nH]c32)cn1C. The first-order valence-corrected chi connectivity index (χ1v) is 7.18. The highest BCUT2D eigenvalue weighted by Crippen LogP contribution is 2.27. The fraction of sp³-hybridized carbons (Fsp3) is 0.467. The molecule has 0 amide bonds. The van der Waals surface area contributed by atoms with Crippen LogP contribution >= 0.6 is 0 Å². The van der Waals surface area contributed by atoms with Crippen molar-refractivity contribution in [2.45, 2.75) is 31.8 Å². The van der Waals surface area contributed by atoms with Gasteiger partial charge in [-0.3, -0.25) is 5.10 Å². The Morgan fingerprint density at radius 2 is 2.48 bits per heavy atom. The number of nitrogens with zero attached hydrogens (tertiary/aromatic N) is 2. The van der Waals surface area contributed by atoms with E-state index in [9.17, 15) is 4.79 Å². The summed E-state index contributed by atoms with van der Waals surface area (Å²) in [6.45, 7) is 0.716. The highest BCUT2D eigenvalue weighted by molar-refractivity contribution is 5.87. The summed E-state index contributed by atoms with van der Waals surface area (Å²) in [5.74, 6) is -0.308. The van der Waals surface area contributed by atoms with Crippen LogP contribution in [-0.2, 0) is 24.8 Å². The molecule has 112 valence electrons. The molecule has 2 heterocycles. The predicted molar refractivity (Wildman–Crippen MR) is 77.9 cm³/mol. The van der Waals surface area contributed by atoms with Gasteiger partial charge in [-0.25, -0.2) is 4.79 Å². The fourth-order valence-corrected chi connectivity index (χ4v) is 2.95. The number of methoxy groups -OCH3 is 1. The largest absolute Gasteiger partial charge is 0.464 e. The molecule has 0 saturated carbocycles. The van der Waals surface area contributed by atoms with E-state index in [-0.39, 0.29) is 5.97 Å². The molecule has 1 aliphatic carbocycles. The molecule has 0 saturated heterocycles. The van der Waals surface area contributed by atoms with Crippen molar-refractivity contribution in [3.8, 4) is 0 Å². The number of esters is 1. The Labute approximate surface area is 123 Å². The van der Waals surface area contributed by atoms with Gasteiger partial charge in [0.25, 0.3) is 0 Å². The van der Waals surface area contributed by atoms with E-state index in [0.717, 1.165) is 18.4 Å². The number of H-pyrrole nitrogens is 1. The van der Waals surface area contributed by atoms with Crippen molar-refractivity contribution in [1.29, 1.82) is 0 Å². The van der Waals surface area contributed by atoms with Crippen molar-refractivity contribution >= 4 is 5.97 Å². The van der Waals surface area contributed by atoms with Gasteiger partial charge in [-0.15, -0.1) is 0 Å². The molecule has 1 unspecified atom stereocenters. The van der Waals surface area contributed by atoms with E-state index >= 15 is 0 Å². The van der Waals surface area contributed by atoms with Crippen LogP contribution in [0.2, 0.25) is 0 Å². The van der Waals surface area contributed by atoms with Crippen molar-refractivity contribution < 1.29 is 9.53 Å². The lowest BCUT2D eigenvalue weighted by atomic mass is 9.93. The number of nitrogens with one attached hydrogen (secondary N) is 2. The highest BCUT2D eigenvalue weighted by Gasteiger charge is 2.21. The van der Waals surface area contributed by atoms with Gasteiger partial charge >= 0.3 is 5.97 Å². The third-order valence-corrected chi connectivity index (χ3v) is 4.05. The molecule has 2 N–H and O–H groups in total. The molecule has 0 aromatic carbocycles. The number of hydrogen-bond acceptors (Lipinski definition) is 4. The molecule has 0 fully saturated rings. The van der Waals surface area contributed by atoms with Gasteiger partial charge in [-0.1, -0.05) is 0 Å². The minimum Gasteiger partial charge on any atom is -0.464 e. The number of aromatic nitrogens is 3. The van der Waals surface area contributed by atoms with Crippen molar-refractivity contribution in [3.05, 3.63) is 41.0 Å². The molecule has 2 aromatic rings. The van der Waals surface area contributed by atoms with Gasteiger partial charge in [0, 0.05) is 25.8 Å². The molecule has 3 rings (SSSR count). The van der Waals surface area contributed by atoms with E-state index in [1.807, 2.05) is 25.5 Å². The van der Waals surface area contributed by atoms with E-state index < -0.39 is 0 Å². The van der Waals surface area contributed by atoms with Crippen molar-refractivity contribution in [2.75, 3.05) is 7.11 Å². The van der Waals surface area contributed by atoms with Crippen molar-refractivity contribution in [2.24, 2.45) is 7.05 Å². The molecule has 6 nitrogen and oxygen atoms in total. The van der Waals surface area contributed by atoms with Crippen LogP contribution in [-0.4, -0.2) is 27.8 Å². The lowest BCUT2D eigenvalue weighted by molar-refractivity contribution is 0.0590. The first-order valence-electron chi connectivity index (χ1n) is 7.18. The number of aryl methyl sites for hydroxylation is 2. The maximum Gasteiger partial charge on any atom is 0.354 e. The number of carbonyl (C=O) groups excluding carboxylic acids is 1. The number of rotatable bonds is 4. The average molecular weight is 288 g/mol. The Kier molecular flexibility index (Phi) is 3.79. The lowest BCUT2D eigenvalue weighted by Crippen LogP contribution is -2.24. The molecule has 1 aliphatic rings. The average Bonchev–Trinajstić information content (AvgIpc) is 3.10. The normalized spacial score (nSPS) is 17.5. The zero-order valence-electron chi connectivity index (χ0n) is 12.3. The second-order valence-corrected chi connectivity index (χ2v) is 5.47. The second kappa shape index (κ2) is 5.73. The first-order chi connectivity index (χ1) is 10.2. The zero-order valence-corrected chi connectivity index (χ0v) is 12.3. The van der Waals surface area contributed by atoms with Crippen LogP contribution < -0.4 is 5.32 Å². The molecule has 6 heteroatoms. The fourth-order valence-electron chi connectivity index (χ4n) is 2.95. The van der Waals surface area contributed by atoms with Gasteiger partial charge in [0.15, 0.2) is 0 Å². The van der Waals surface area contributed by atoms with Crippen LogP contribution in [0.4, 0.5) is 0 Å². The summed E-state index contributed by atoms with van der Waals surface area (Å²) in [7, 11) is 3.25. The van der Waals surface area contributed by atoms with Crippen LogP contribution in [0.15, 0.2) is 18.5 Å². The van der Waals surface area contributed by atoms with Gasteiger partial charge in [0.05, 0.1) is 19.0 Å². The first kappa shape index (κ1) is 13.9. The van der Waals surface area contributed by atoms with Gasteiger partial charge in [-0.2, -0.15) is 5.10 Å². The molecule has 0 spiro atoms. The zero-order chi connectivity index (χ0) is 14.8. The monoisotopic (exact) mass is 288 g/mol. The van der Waals surface area contributed by atoms with E-state index in [2.05, 4.69) is 15.5 Å². The summed E-state index contributed by atoms with van der Waals surface area (Å²) in [5.41, 5.74) is 4.15. The number of hydrogen-bond donors (Lipinski definition) is 2.